The maximum atomic E-state index is 11.7. The summed E-state index contributed by atoms with van der Waals surface area (Å²) in [7, 11) is -0.472. The lowest BCUT2D eigenvalue weighted by molar-refractivity contribution is 0.505. The molecule has 0 bridgehead atoms. The molecule has 94 valence electrons. The van der Waals surface area contributed by atoms with E-state index in [-0.39, 0.29) is 0 Å². The zero-order chi connectivity index (χ0) is 12.6. The third kappa shape index (κ3) is 4.95. The Morgan fingerprint density at radius 3 is 2.19 bits per heavy atom. The molecule has 0 amide bonds. The summed E-state index contributed by atoms with van der Waals surface area (Å²) in [6, 6.07) is 1.88. The first-order valence-corrected chi connectivity index (χ1v) is 7.28. The quantitative estimate of drug-likeness (QED) is 0.616. The molecule has 0 fully saturated rings. The Kier molecular flexibility index (Phi) is 7.35. The number of hydrogen-bond acceptors (Lipinski definition) is 3. The molecule has 1 unspecified atom stereocenters. The van der Waals surface area contributed by atoms with Crippen molar-refractivity contribution >= 4 is 10.0 Å². The number of unbranched alkanes of at least 4 members (excludes halogenated alkanes) is 4. The molecule has 0 aromatic carbocycles. The van der Waals surface area contributed by atoms with Gasteiger partial charge in [-0.05, 0) is 6.42 Å². The van der Waals surface area contributed by atoms with Gasteiger partial charge in [-0.15, -0.1) is 0 Å². The van der Waals surface area contributed by atoms with Gasteiger partial charge in [0.15, 0.2) is 5.25 Å². The summed E-state index contributed by atoms with van der Waals surface area (Å²) >= 11 is 0. The fraction of sp³-hybridized carbons (Fsp3) is 0.909. The van der Waals surface area contributed by atoms with Crippen LogP contribution in [-0.4, -0.2) is 32.1 Å². The predicted molar refractivity (Wildman–Crippen MR) is 65.4 cm³/mol. The lowest BCUT2D eigenvalue weighted by Crippen LogP contribution is -2.32. The van der Waals surface area contributed by atoms with E-state index in [1.54, 1.807) is 0 Å². The smallest absolute Gasteiger partial charge is 0.211 e. The van der Waals surface area contributed by atoms with Gasteiger partial charge in [-0.3, -0.25) is 0 Å². The summed E-state index contributed by atoms with van der Waals surface area (Å²) in [4.78, 5) is 0. The highest BCUT2D eigenvalue weighted by Gasteiger charge is 2.26. The number of rotatable bonds is 8. The van der Waals surface area contributed by atoms with Gasteiger partial charge in [0.25, 0.3) is 0 Å². The van der Waals surface area contributed by atoms with Gasteiger partial charge in [0.1, 0.15) is 0 Å². The third-order valence-electron chi connectivity index (χ3n) is 2.58. The minimum absolute atomic E-state index is 0.445. The maximum absolute atomic E-state index is 11.7. The molecule has 4 nitrogen and oxygen atoms in total. The number of nitrogens with zero attached hydrogens (tertiary/aromatic N) is 2. The molecule has 0 heterocycles. The van der Waals surface area contributed by atoms with E-state index in [2.05, 4.69) is 6.92 Å². The van der Waals surface area contributed by atoms with Crippen LogP contribution in [-0.2, 0) is 10.0 Å². The average molecular weight is 246 g/mol. The first-order chi connectivity index (χ1) is 7.46. The van der Waals surface area contributed by atoms with Gasteiger partial charge in [-0.25, -0.2) is 12.7 Å². The van der Waals surface area contributed by atoms with Crippen molar-refractivity contribution in [2.45, 2.75) is 50.7 Å². The lowest BCUT2D eigenvalue weighted by atomic mass is 10.1. The third-order valence-corrected chi connectivity index (χ3v) is 4.66. The Morgan fingerprint density at radius 2 is 1.75 bits per heavy atom. The van der Waals surface area contributed by atoms with Gasteiger partial charge < -0.3 is 0 Å². The second kappa shape index (κ2) is 7.64. The zero-order valence-electron chi connectivity index (χ0n) is 10.4. The van der Waals surface area contributed by atoms with E-state index >= 15 is 0 Å². The number of hydrogen-bond donors (Lipinski definition) is 0. The number of sulfonamides is 1. The van der Waals surface area contributed by atoms with Gasteiger partial charge in [-0.1, -0.05) is 39.0 Å². The molecule has 0 saturated heterocycles. The Bertz CT molecular complexity index is 317. The molecule has 0 aliphatic carbocycles. The lowest BCUT2D eigenvalue weighted by Gasteiger charge is -2.15. The Morgan fingerprint density at radius 1 is 1.19 bits per heavy atom. The van der Waals surface area contributed by atoms with Crippen molar-refractivity contribution in [3.05, 3.63) is 0 Å². The van der Waals surface area contributed by atoms with Crippen molar-refractivity contribution in [2.24, 2.45) is 0 Å². The standard InChI is InChI=1S/C11H22N2O2S/c1-4-5-6-7-8-9-11(10-12)16(14,15)13(2)3/h11H,4-9H2,1-3H3. The highest BCUT2D eigenvalue weighted by molar-refractivity contribution is 7.89. The monoisotopic (exact) mass is 246 g/mol. The Balaban J connectivity index is 4.09. The molecule has 0 N–H and O–H groups in total. The van der Waals surface area contributed by atoms with E-state index in [9.17, 15) is 8.42 Å². The largest absolute Gasteiger partial charge is 0.229 e. The molecule has 0 aliphatic rings. The molecule has 16 heavy (non-hydrogen) atoms. The minimum Gasteiger partial charge on any atom is -0.211 e. The van der Waals surface area contributed by atoms with Crippen LogP contribution in [0.15, 0.2) is 0 Å². The molecule has 1 atom stereocenters. The molecule has 0 rings (SSSR count). The van der Waals surface area contributed by atoms with Crippen molar-refractivity contribution < 1.29 is 8.42 Å². The molecule has 0 aromatic heterocycles. The van der Waals surface area contributed by atoms with E-state index in [0.29, 0.717) is 6.42 Å². The molecule has 0 aliphatic heterocycles. The van der Waals surface area contributed by atoms with Crippen molar-refractivity contribution in [3.63, 3.8) is 0 Å². The second-order valence-corrected chi connectivity index (χ2v) is 6.48. The van der Waals surface area contributed by atoms with Crippen LogP contribution in [0.2, 0.25) is 0 Å². The summed E-state index contributed by atoms with van der Waals surface area (Å²) in [5.41, 5.74) is 0. The van der Waals surface area contributed by atoms with Crippen LogP contribution in [0.4, 0.5) is 0 Å². The van der Waals surface area contributed by atoms with E-state index in [1.165, 1.54) is 20.5 Å². The van der Waals surface area contributed by atoms with Crippen LogP contribution in [0.25, 0.3) is 0 Å². The Hall–Kier alpha value is -0.600. The topological polar surface area (TPSA) is 61.2 Å². The molecule has 0 aromatic rings. The van der Waals surface area contributed by atoms with Crippen LogP contribution in [0, 0.1) is 11.3 Å². The van der Waals surface area contributed by atoms with Gasteiger partial charge in [0.05, 0.1) is 6.07 Å². The summed E-state index contributed by atoms with van der Waals surface area (Å²) in [5, 5.41) is 7.97. The molecule has 0 spiro atoms. The van der Waals surface area contributed by atoms with Gasteiger partial charge in [0, 0.05) is 14.1 Å². The van der Waals surface area contributed by atoms with Crippen molar-refractivity contribution in [3.8, 4) is 6.07 Å². The normalized spacial score (nSPS) is 13.7. The molecule has 5 heteroatoms. The van der Waals surface area contributed by atoms with Crippen molar-refractivity contribution in [2.75, 3.05) is 14.1 Å². The van der Waals surface area contributed by atoms with Gasteiger partial charge in [0.2, 0.25) is 10.0 Å². The second-order valence-electron chi connectivity index (χ2n) is 4.15. The van der Waals surface area contributed by atoms with Crippen LogP contribution < -0.4 is 0 Å². The summed E-state index contributed by atoms with van der Waals surface area (Å²) in [5.74, 6) is 0. The zero-order valence-corrected chi connectivity index (χ0v) is 11.3. The fourth-order valence-corrected chi connectivity index (χ4v) is 2.57. The first-order valence-electron chi connectivity index (χ1n) is 5.77. The van der Waals surface area contributed by atoms with Crippen molar-refractivity contribution in [1.29, 1.82) is 5.26 Å². The van der Waals surface area contributed by atoms with Gasteiger partial charge >= 0.3 is 0 Å². The highest BCUT2D eigenvalue weighted by Crippen LogP contribution is 2.14. The highest BCUT2D eigenvalue weighted by atomic mass is 32.2. The van der Waals surface area contributed by atoms with Crippen molar-refractivity contribution in [1.82, 2.24) is 4.31 Å². The first kappa shape index (κ1) is 15.4. The van der Waals surface area contributed by atoms with Crippen LogP contribution in [0.1, 0.15) is 45.4 Å². The van der Waals surface area contributed by atoms with Crippen LogP contribution >= 0.6 is 0 Å². The molecular weight excluding hydrogens is 224 g/mol. The SMILES string of the molecule is CCCCCCCC(C#N)S(=O)(=O)N(C)C. The minimum atomic E-state index is -3.41. The van der Waals surface area contributed by atoms with Gasteiger partial charge in [-0.2, -0.15) is 5.26 Å². The average Bonchev–Trinajstić information content (AvgIpc) is 2.22. The fourth-order valence-electron chi connectivity index (χ4n) is 1.47. The summed E-state index contributed by atoms with van der Waals surface area (Å²) in [6.07, 6.45) is 5.73. The van der Waals surface area contributed by atoms with E-state index in [0.717, 1.165) is 30.0 Å². The number of nitriles is 1. The van der Waals surface area contributed by atoms with Crippen LogP contribution in [0.3, 0.4) is 0 Å². The summed E-state index contributed by atoms with van der Waals surface area (Å²) in [6.45, 7) is 2.13. The molecule has 0 radical (unpaired) electrons. The van der Waals surface area contributed by atoms with E-state index < -0.39 is 15.3 Å². The Labute approximate surface area is 99.3 Å². The molecular formula is C11H22N2O2S. The van der Waals surface area contributed by atoms with E-state index in [1.807, 2.05) is 6.07 Å². The van der Waals surface area contributed by atoms with Crippen LogP contribution in [0.5, 0.6) is 0 Å². The summed E-state index contributed by atoms with van der Waals surface area (Å²) < 4.78 is 24.5. The van der Waals surface area contributed by atoms with E-state index in [4.69, 9.17) is 5.26 Å². The maximum Gasteiger partial charge on any atom is 0.229 e. The molecule has 0 saturated carbocycles. The predicted octanol–water partition coefficient (Wildman–Crippen LogP) is 2.13.